The van der Waals surface area contributed by atoms with E-state index in [-0.39, 0.29) is 5.91 Å². The molecule has 0 atom stereocenters. The Labute approximate surface area is 126 Å². The highest BCUT2D eigenvalue weighted by atomic mass is 16.1. The third kappa shape index (κ3) is 3.36. The molecule has 0 bridgehead atoms. The minimum atomic E-state index is 0.0342. The SMILES string of the molecule is CCCNc1cc(C(=O)NCC2(C3CC3)CC2)cc(C)n1. The van der Waals surface area contributed by atoms with Crippen molar-refractivity contribution < 1.29 is 4.79 Å². The number of aryl methyl sites for hydroxylation is 1. The predicted octanol–water partition coefficient (Wildman–Crippen LogP) is 3.13. The first-order valence-electron chi connectivity index (χ1n) is 8.14. The van der Waals surface area contributed by atoms with Crippen LogP contribution in [0.1, 0.15) is 55.1 Å². The molecule has 0 radical (unpaired) electrons. The molecule has 0 aliphatic heterocycles. The molecule has 1 aromatic rings. The predicted molar refractivity (Wildman–Crippen MR) is 84.5 cm³/mol. The molecule has 21 heavy (non-hydrogen) atoms. The number of rotatable bonds is 7. The van der Waals surface area contributed by atoms with Gasteiger partial charge in [-0.3, -0.25) is 4.79 Å². The van der Waals surface area contributed by atoms with Crippen molar-refractivity contribution in [1.29, 1.82) is 0 Å². The zero-order valence-corrected chi connectivity index (χ0v) is 13.0. The molecule has 2 saturated carbocycles. The molecule has 2 fully saturated rings. The average molecular weight is 287 g/mol. The van der Waals surface area contributed by atoms with Gasteiger partial charge in [-0.2, -0.15) is 0 Å². The number of pyridine rings is 1. The highest BCUT2D eigenvalue weighted by Gasteiger charge is 2.53. The van der Waals surface area contributed by atoms with Gasteiger partial charge in [0.2, 0.25) is 0 Å². The fourth-order valence-electron chi connectivity index (χ4n) is 3.09. The summed E-state index contributed by atoms with van der Waals surface area (Å²) in [6.07, 6.45) is 6.33. The van der Waals surface area contributed by atoms with E-state index in [4.69, 9.17) is 0 Å². The van der Waals surface area contributed by atoms with E-state index in [1.54, 1.807) is 0 Å². The lowest BCUT2D eigenvalue weighted by molar-refractivity contribution is 0.0942. The normalized spacial score (nSPS) is 19.1. The molecule has 0 aromatic carbocycles. The van der Waals surface area contributed by atoms with E-state index in [0.29, 0.717) is 11.0 Å². The van der Waals surface area contributed by atoms with E-state index in [1.807, 2.05) is 19.1 Å². The first-order valence-corrected chi connectivity index (χ1v) is 8.14. The summed E-state index contributed by atoms with van der Waals surface area (Å²) < 4.78 is 0. The van der Waals surface area contributed by atoms with Gasteiger partial charge in [0.1, 0.15) is 5.82 Å². The summed E-state index contributed by atoms with van der Waals surface area (Å²) in [5, 5.41) is 6.39. The number of anilines is 1. The topological polar surface area (TPSA) is 54.0 Å². The smallest absolute Gasteiger partial charge is 0.251 e. The lowest BCUT2D eigenvalue weighted by Gasteiger charge is -2.15. The summed E-state index contributed by atoms with van der Waals surface area (Å²) in [7, 11) is 0. The van der Waals surface area contributed by atoms with Crippen molar-refractivity contribution >= 4 is 11.7 Å². The van der Waals surface area contributed by atoms with Gasteiger partial charge in [0, 0.05) is 24.3 Å². The van der Waals surface area contributed by atoms with Gasteiger partial charge in [-0.1, -0.05) is 6.92 Å². The summed E-state index contributed by atoms with van der Waals surface area (Å²) >= 11 is 0. The molecule has 2 N–H and O–H groups in total. The Kier molecular flexibility index (Phi) is 3.87. The molecule has 0 saturated heterocycles. The standard InChI is InChI=1S/C17H25N3O/c1-3-8-18-15-10-13(9-12(2)20-15)16(21)19-11-17(6-7-17)14-4-5-14/h9-10,14H,3-8,11H2,1-2H3,(H,18,20)(H,19,21). The molecule has 2 aliphatic rings. The molecular formula is C17H25N3O. The van der Waals surface area contributed by atoms with Crippen molar-refractivity contribution in [3.8, 4) is 0 Å². The van der Waals surface area contributed by atoms with Crippen LogP contribution >= 0.6 is 0 Å². The zero-order valence-electron chi connectivity index (χ0n) is 13.0. The summed E-state index contributed by atoms with van der Waals surface area (Å²) in [6, 6.07) is 3.72. The fourth-order valence-corrected chi connectivity index (χ4v) is 3.09. The number of carbonyl (C=O) groups excluding carboxylic acids is 1. The molecule has 0 spiro atoms. The summed E-state index contributed by atoms with van der Waals surface area (Å²) in [5.41, 5.74) is 2.04. The molecule has 1 amide bonds. The number of aromatic nitrogens is 1. The fraction of sp³-hybridized carbons (Fsp3) is 0.647. The molecule has 4 nitrogen and oxygen atoms in total. The summed E-state index contributed by atoms with van der Waals surface area (Å²) in [6.45, 7) is 5.77. The maximum atomic E-state index is 12.4. The molecule has 4 heteroatoms. The van der Waals surface area contributed by atoms with Crippen LogP contribution in [0.3, 0.4) is 0 Å². The average Bonchev–Trinajstić information content (AvgIpc) is 3.34. The minimum absolute atomic E-state index is 0.0342. The molecule has 114 valence electrons. The van der Waals surface area contributed by atoms with Gasteiger partial charge >= 0.3 is 0 Å². The van der Waals surface area contributed by atoms with Gasteiger partial charge in [-0.15, -0.1) is 0 Å². The Morgan fingerprint density at radius 3 is 2.76 bits per heavy atom. The van der Waals surface area contributed by atoms with Crippen molar-refractivity contribution in [2.75, 3.05) is 18.4 Å². The van der Waals surface area contributed by atoms with Crippen LogP contribution in [0, 0.1) is 18.3 Å². The summed E-state index contributed by atoms with van der Waals surface area (Å²) in [5.74, 6) is 1.70. The highest BCUT2D eigenvalue weighted by molar-refractivity contribution is 5.95. The Bertz CT molecular complexity index is 533. The van der Waals surface area contributed by atoms with Crippen LogP contribution in [0.15, 0.2) is 12.1 Å². The van der Waals surface area contributed by atoms with E-state index in [0.717, 1.165) is 36.9 Å². The zero-order chi connectivity index (χ0) is 14.9. The van der Waals surface area contributed by atoms with E-state index < -0.39 is 0 Å². The van der Waals surface area contributed by atoms with Crippen molar-refractivity contribution in [2.45, 2.75) is 46.0 Å². The van der Waals surface area contributed by atoms with Gasteiger partial charge < -0.3 is 10.6 Å². The van der Waals surface area contributed by atoms with Crippen LogP contribution in [-0.2, 0) is 0 Å². The number of amides is 1. The maximum Gasteiger partial charge on any atom is 0.251 e. The maximum absolute atomic E-state index is 12.4. The summed E-state index contributed by atoms with van der Waals surface area (Å²) in [4.78, 5) is 16.8. The molecule has 0 unspecified atom stereocenters. The number of carbonyl (C=O) groups is 1. The first-order chi connectivity index (χ1) is 10.1. The molecular weight excluding hydrogens is 262 g/mol. The van der Waals surface area contributed by atoms with Gasteiger partial charge in [-0.25, -0.2) is 4.98 Å². The Balaban J connectivity index is 1.62. The molecule has 1 aromatic heterocycles. The van der Waals surface area contributed by atoms with Gasteiger partial charge in [0.15, 0.2) is 0 Å². The molecule has 3 rings (SSSR count). The monoisotopic (exact) mass is 287 g/mol. The van der Waals surface area contributed by atoms with E-state index in [2.05, 4.69) is 22.5 Å². The van der Waals surface area contributed by atoms with Gasteiger partial charge in [-0.05, 0) is 62.5 Å². The number of hydrogen-bond acceptors (Lipinski definition) is 3. The minimum Gasteiger partial charge on any atom is -0.370 e. The molecule has 1 heterocycles. The third-order valence-corrected chi connectivity index (χ3v) is 4.71. The van der Waals surface area contributed by atoms with Crippen LogP contribution in [0.25, 0.3) is 0 Å². The lowest BCUT2D eigenvalue weighted by atomic mass is 10.0. The van der Waals surface area contributed by atoms with Gasteiger partial charge in [0.05, 0.1) is 0 Å². The van der Waals surface area contributed by atoms with E-state index in [9.17, 15) is 4.79 Å². The highest BCUT2D eigenvalue weighted by Crippen LogP contribution is 2.60. The number of nitrogens with one attached hydrogen (secondary N) is 2. The van der Waals surface area contributed by atoms with E-state index >= 15 is 0 Å². The Hall–Kier alpha value is -1.58. The first kappa shape index (κ1) is 14.4. The second-order valence-corrected chi connectivity index (χ2v) is 6.63. The number of nitrogens with zero attached hydrogens (tertiary/aromatic N) is 1. The second kappa shape index (κ2) is 5.66. The van der Waals surface area contributed by atoms with Crippen LogP contribution in [0.5, 0.6) is 0 Å². The third-order valence-electron chi connectivity index (χ3n) is 4.71. The van der Waals surface area contributed by atoms with Crippen molar-refractivity contribution in [3.05, 3.63) is 23.4 Å². The Morgan fingerprint density at radius 2 is 2.14 bits per heavy atom. The van der Waals surface area contributed by atoms with Crippen LogP contribution < -0.4 is 10.6 Å². The van der Waals surface area contributed by atoms with Crippen molar-refractivity contribution in [1.82, 2.24) is 10.3 Å². The second-order valence-electron chi connectivity index (χ2n) is 6.63. The van der Waals surface area contributed by atoms with Crippen LogP contribution in [0.4, 0.5) is 5.82 Å². The lowest BCUT2D eigenvalue weighted by Crippen LogP contribution is -2.31. The van der Waals surface area contributed by atoms with Crippen molar-refractivity contribution in [2.24, 2.45) is 11.3 Å². The molecule has 2 aliphatic carbocycles. The van der Waals surface area contributed by atoms with Crippen molar-refractivity contribution in [3.63, 3.8) is 0 Å². The number of hydrogen-bond donors (Lipinski definition) is 2. The Morgan fingerprint density at radius 1 is 1.38 bits per heavy atom. The van der Waals surface area contributed by atoms with E-state index in [1.165, 1.54) is 25.7 Å². The largest absolute Gasteiger partial charge is 0.370 e. The van der Waals surface area contributed by atoms with Crippen LogP contribution in [-0.4, -0.2) is 24.0 Å². The quantitative estimate of drug-likeness (QED) is 0.810. The van der Waals surface area contributed by atoms with Crippen LogP contribution in [0.2, 0.25) is 0 Å². The van der Waals surface area contributed by atoms with Gasteiger partial charge in [0.25, 0.3) is 5.91 Å².